The van der Waals surface area contributed by atoms with E-state index in [9.17, 15) is 18.0 Å². The van der Waals surface area contributed by atoms with E-state index in [1.54, 1.807) is 0 Å². The first kappa shape index (κ1) is 11.2. The Balaban J connectivity index is 3.51. The molecule has 0 aromatic carbocycles. The fraction of sp³-hybridized carbons (Fsp3) is 0.833. The molecule has 0 spiro atoms. The molecular formula is C6H9F3O3. The molecule has 0 heterocycles. The van der Waals surface area contributed by atoms with Gasteiger partial charge in [-0.05, 0) is 6.92 Å². The zero-order valence-electron chi connectivity index (χ0n) is 6.39. The zero-order valence-corrected chi connectivity index (χ0v) is 6.39. The highest BCUT2D eigenvalue weighted by Crippen LogP contribution is 2.19. The average Bonchev–Trinajstić information content (AvgIpc) is 1.84. The summed E-state index contributed by atoms with van der Waals surface area (Å²) in [6, 6.07) is 0. The topological polar surface area (TPSA) is 46.5 Å². The number of hydrogen-bond donors (Lipinski definition) is 1. The Bertz CT molecular complexity index is 155. The molecule has 3 nitrogen and oxygen atoms in total. The highest BCUT2D eigenvalue weighted by atomic mass is 19.4. The fourth-order valence-electron chi connectivity index (χ4n) is 0.423. The SMILES string of the molecule is C[C@@H](OCCC(F)(F)F)C(=O)O. The van der Waals surface area contributed by atoms with E-state index >= 15 is 0 Å². The van der Waals surface area contributed by atoms with Crippen molar-refractivity contribution in [2.24, 2.45) is 0 Å². The maximum Gasteiger partial charge on any atom is 0.391 e. The van der Waals surface area contributed by atoms with Crippen molar-refractivity contribution in [3.8, 4) is 0 Å². The molecule has 0 fully saturated rings. The zero-order chi connectivity index (χ0) is 9.78. The van der Waals surface area contributed by atoms with Gasteiger partial charge >= 0.3 is 12.1 Å². The van der Waals surface area contributed by atoms with E-state index in [1.807, 2.05) is 0 Å². The van der Waals surface area contributed by atoms with Crippen LogP contribution >= 0.6 is 0 Å². The molecule has 0 aliphatic carbocycles. The molecule has 72 valence electrons. The van der Waals surface area contributed by atoms with Gasteiger partial charge < -0.3 is 9.84 Å². The lowest BCUT2D eigenvalue weighted by molar-refractivity contribution is -0.162. The molecule has 0 radical (unpaired) electrons. The molecule has 0 aliphatic rings. The second-order valence-electron chi connectivity index (χ2n) is 2.22. The maximum atomic E-state index is 11.5. The van der Waals surface area contributed by atoms with E-state index < -0.39 is 31.3 Å². The monoisotopic (exact) mass is 186 g/mol. The first-order valence-electron chi connectivity index (χ1n) is 3.24. The largest absolute Gasteiger partial charge is 0.479 e. The molecule has 0 bridgehead atoms. The molecular weight excluding hydrogens is 177 g/mol. The third-order valence-electron chi connectivity index (χ3n) is 1.10. The van der Waals surface area contributed by atoms with Gasteiger partial charge in [0.1, 0.15) is 0 Å². The summed E-state index contributed by atoms with van der Waals surface area (Å²) in [6.45, 7) is 0.565. The molecule has 0 aromatic rings. The molecule has 1 atom stereocenters. The van der Waals surface area contributed by atoms with Crippen molar-refractivity contribution in [1.82, 2.24) is 0 Å². The second kappa shape index (κ2) is 4.30. The first-order valence-corrected chi connectivity index (χ1v) is 3.24. The van der Waals surface area contributed by atoms with E-state index in [2.05, 4.69) is 4.74 Å². The van der Waals surface area contributed by atoms with Gasteiger partial charge in [0.25, 0.3) is 0 Å². The summed E-state index contributed by atoms with van der Waals surface area (Å²) in [5.41, 5.74) is 0. The molecule has 0 saturated carbocycles. The van der Waals surface area contributed by atoms with Gasteiger partial charge in [0.2, 0.25) is 0 Å². The van der Waals surface area contributed by atoms with E-state index in [1.165, 1.54) is 6.92 Å². The summed E-state index contributed by atoms with van der Waals surface area (Å²) in [4.78, 5) is 10.0. The molecule has 0 aliphatic heterocycles. The highest BCUT2D eigenvalue weighted by molar-refractivity contribution is 5.71. The molecule has 6 heteroatoms. The second-order valence-corrected chi connectivity index (χ2v) is 2.22. The molecule has 0 amide bonds. The number of ether oxygens (including phenoxy) is 1. The Kier molecular flexibility index (Phi) is 4.02. The summed E-state index contributed by atoms with van der Waals surface area (Å²) in [5, 5.41) is 8.21. The molecule has 0 aromatic heterocycles. The van der Waals surface area contributed by atoms with Crippen LogP contribution in [-0.4, -0.2) is 30.0 Å². The van der Waals surface area contributed by atoms with Crippen molar-refractivity contribution in [2.45, 2.75) is 25.6 Å². The summed E-state index contributed by atoms with van der Waals surface area (Å²) in [5.74, 6) is -1.27. The highest BCUT2D eigenvalue weighted by Gasteiger charge is 2.27. The van der Waals surface area contributed by atoms with Gasteiger partial charge in [0.05, 0.1) is 13.0 Å². The molecule has 1 N–H and O–H groups in total. The minimum atomic E-state index is -4.29. The number of alkyl halides is 3. The van der Waals surface area contributed by atoms with Crippen LogP contribution < -0.4 is 0 Å². The predicted molar refractivity (Wildman–Crippen MR) is 33.7 cm³/mol. The van der Waals surface area contributed by atoms with Gasteiger partial charge in [-0.1, -0.05) is 0 Å². The number of carboxylic acid groups (broad SMARTS) is 1. The van der Waals surface area contributed by atoms with Crippen LogP contribution in [0.15, 0.2) is 0 Å². The van der Waals surface area contributed by atoms with Crippen LogP contribution in [-0.2, 0) is 9.53 Å². The predicted octanol–water partition coefficient (Wildman–Crippen LogP) is 1.43. The van der Waals surface area contributed by atoms with Crippen molar-refractivity contribution in [3.63, 3.8) is 0 Å². The minimum Gasteiger partial charge on any atom is -0.479 e. The summed E-state index contributed by atoms with van der Waals surface area (Å²) < 4.78 is 38.8. The lowest BCUT2D eigenvalue weighted by Gasteiger charge is -2.09. The van der Waals surface area contributed by atoms with Gasteiger partial charge in [-0.25, -0.2) is 4.79 Å². The summed E-state index contributed by atoms with van der Waals surface area (Å²) >= 11 is 0. The van der Waals surface area contributed by atoms with Crippen LogP contribution in [0.1, 0.15) is 13.3 Å². The van der Waals surface area contributed by atoms with Crippen LogP contribution in [0.3, 0.4) is 0 Å². The number of rotatable bonds is 4. The number of carbonyl (C=O) groups is 1. The van der Waals surface area contributed by atoms with Gasteiger partial charge in [-0.3, -0.25) is 0 Å². The lowest BCUT2D eigenvalue weighted by atomic mass is 10.4. The first-order chi connectivity index (χ1) is 5.33. The van der Waals surface area contributed by atoms with Crippen LogP contribution in [0.2, 0.25) is 0 Å². The Hall–Kier alpha value is -0.780. The summed E-state index contributed by atoms with van der Waals surface area (Å²) in [7, 11) is 0. The van der Waals surface area contributed by atoms with Crippen molar-refractivity contribution in [1.29, 1.82) is 0 Å². The van der Waals surface area contributed by atoms with Gasteiger partial charge in [-0.15, -0.1) is 0 Å². The van der Waals surface area contributed by atoms with E-state index in [0.717, 1.165) is 0 Å². The van der Waals surface area contributed by atoms with Crippen LogP contribution in [0.25, 0.3) is 0 Å². The van der Waals surface area contributed by atoms with Crippen molar-refractivity contribution in [2.75, 3.05) is 6.61 Å². The normalized spacial score (nSPS) is 14.3. The molecule has 0 saturated heterocycles. The third kappa shape index (κ3) is 5.96. The van der Waals surface area contributed by atoms with E-state index in [4.69, 9.17) is 5.11 Å². The number of halogens is 3. The maximum absolute atomic E-state index is 11.5. The standard InChI is InChI=1S/C6H9F3O3/c1-4(5(10)11)12-3-2-6(7,8)9/h4H,2-3H2,1H3,(H,10,11)/t4-/m1/s1. The Labute approximate surface area is 67.1 Å². The van der Waals surface area contributed by atoms with Crippen LogP contribution in [0, 0.1) is 0 Å². The van der Waals surface area contributed by atoms with E-state index in [0.29, 0.717) is 0 Å². The quantitative estimate of drug-likeness (QED) is 0.722. The number of aliphatic carboxylic acids is 1. The van der Waals surface area contributed by atoms with Gasteiger partial charge in [-0.2, -0.15) is 13.2 Å². The fourth-order valence-corrected chi connectivity index (χ4v) is 0.423. The third-order valence-corrected chi connectivity index (χ3v) is 1.10. The number of hydrogen-bond acceptors (Lipinski definition) is 2. The number of carboxylic acids is 1. The Morgan fingerprint density at radius 2 is 2.08 bits per heavy atom. The Morgan fingerprint density at radius 1 is 1.58 bits per heavy atom. The lowest BCUT2D eigenvalue weighted by Crippen LogP contribution is -2.22. The smallest absolute Gasteiger partial charge is 0.391 e. The van der Waals surface area contributed by atoms with Gasteiger partial charge in [0.15, 0.2) is 6.10 Å². The molecule has 0 unspecified atom stereocenters. The molecule has 12 heavy (non-hydrogen) atoms. The van der Waals surface area contributed by atoms with Crippen LogP contribution in [0.4, 0.5) is 13.2 Å². The minimum absolute atomic E-state index is 0.614. The molecule has 0 rings (SSSR count). The van der Waals surface area contributed by atoms with Crippen LogP contribution in [0.5, 0.6) is 0 Å². The average molecular weight is 186 g/mol. The van der Waals surface area contributed by atoms with Crippen molar-refractivity contribution >= 4 is 5.97 Å². The van der Waals surface area contributed by atoms with Crippen molar-refractivity contribution in [3.05, 3.63) is 0 Å². The van der Waals surface area contributed by atoms with Crippen molar-refractivity contribution < 1.29 is 27.8 Å². The van der Waals surface area contributed by atoms with Gasteiger partial charge in [0, 0.05) is 0 Å². The summed E-state index contributed by atoms with van der Waals surface area (Å²) in [6.07, 6.45) is -6.60. The Morgan fingerprint density at radius 3 is 2.42 bits per heavy atom. The van der Waals surface area contributed by atoms with E-state index in [-0.39, 0.29) is 0 Å².